The van der Waals surface area contributed by atoms with Gasteiger partial charge in [-0.1, -0.05) is 24.3 Å². The van der Waals surface area contributed by atoms with E-state index in [-0.39, 0.29) is 23.9 Å². The Morgan fingerprint density at radius 2 is 1.85 bits per heavy atom. The summed E-state index contributed by atoms with van der Waals surface area (Å²) in [5.41, 5.74) is 4.45. The maximum absolute atomic E-state index is 14.5. The summed E-state index contributed by atoms with van der Waals surface area (Å²) in [6, 6.07) is 18.0. The zero-order valence-electron chi connectivity index (χ0n) is 26.7. The number of nitrogens with one attached hydrogen (secondary N) is 2. The molecule has 9 nitrogen and oxygen atoms in total. The predicted molar refractivity (Wildman–Crippen MR) is 190 cm³/mol. The molecule has 0 saturated carbocycles. The second kappa shape index (κ2) is 14.7. The van der Waals surface area contributed by atoms with Crippen LogP contribution in [0.3, 0.4) is 0 Å². The monoisotopic (exact) mass is 767 g/mol. The molecular weight excluding hydrogens is 729 g/mol. The van der Waals surface area contributed by atoms with Crippen LogP contribution in [0.15, 0.2) is 69.6 Å². The van der Waals surface area contributed by atoms with E-state index in [9.17, 15) is 14.0 Å². The molecule has 2 N–H and O–H groups in total. The van der Waals surface area contributed by atoms with Gasteiger partial charge in [0.2, 0.25) is 0 Å². The number of piperidine rings is 1. The van der Waals surface area contributed by atoms with E-state index in [0.717, 1.165) is 45.1 Å². The van der Waals surface area contributed by atoms with E-state index in [1.54, 1.807) is 6.07 Å². The second-order valence-corrected chi connectivity index (χ2v) is 14.3. The van der Waals surface area contributed by atoms with Crippen molar-refractivity contribution >= 4 is 60.6 Å². The molecule has 0 aliphatic carbocycles. The SMILES string of the molecule is CN(C)CCCn1c(C(Cc2ccc(Br)c(Br)c2)NC(=O)N2CCC(N3CCc4ccccc4NC3=O)CC2)nc2ccc(F)cc21. The van der Waals surface area contributed by atoms with E-state index in [1.165, 1.54) is 12.1 Å². The highest BCUT2D eigenvalue weighted by molar-refractivity contribution is 9.13. The van der Waals surface area contributed by atoms with E-state index in [4.69, 9.17) is 4.98 Å². The van der Waals surface area contributed by atoms with Gasteiger partial charge in [0.1, 0.15) is 11.6 Å². The normalized spacial score (nSPS) is 16.3. The molecule has 1 fully saturated rings. The van der Waals surface area contributed by atoms with Crippen LogP contribution >= 0.6 is 31.9 Å². The van der Waals surface area contributed by atoms with Crippen LogP contribution in [0.25, 0.3) is 11.0 Å². The molecule has 4 aromatic rings. The van der Waals surface area contributed by atoms with Crippen LogP contribution in [-0.2, 0) is 19.4 Å². The Labute approximate surface area is 291 Å². The summed E-state index contributed by atoms with van der Waals surface area (Å²) in [7, 11) is 4.06. The molecule has 47 heavy (non-hydrogen) atoms. The van der Waals surface area contributed by atoms with E-state index in [2.05, 4.69) is 58.0 Å². The molecule has 1 saturated heterocycles. The molecule has 2 aliphatic heterocycles. The number of nitrogens with zero attached hydrogens (tertiary/aromatic N) is 5. The highest BCUT2D eigenvalue weighted by Crippen LogP contribution is 2.30. The Hall–Kier alpha value is -3.48. The minimum atomic E-state index is -0.460. The molecule has 0 radical (unpaired) electrons. The Bertz CT molecular complexity index is 1760. The van der Waals surface area contributed by atoms with Gasteiger partial charge in [-0.05, 0) is 132 Å². The highest BCUT2D eigenvalue weighted by atomic mass is 79.9. The molecule has 3 aromatic carbocycles. The van der Waals surface area contributed by atoms with Crippen LogP contribution in [0.5, 0.6) is 0 Å². The molecular formula is C35H40Br2FN7O2. The van der Waals surface area contributed by atoms with Gasteiger partial charge in [0.15, 0.2) is 0 Å². The maximum Gasteiger partial charge on any atom is 0.322 e. The van der Waals surface area contributed by atoms with Crippen molar-refractivity contribution in [2.24, 2.45) is 0 Å². The molecule has 12 heteroatoms. The molecule has 1 atom stereocenters. The summed E-state index contributed by atoms with van der Waals surface area (Å²) >= 11 is 7.17. The number of anilines is 1. The number of para-hydroxylation sites is 1. The third-order valence-electron chi connectivity index (χ3n) is 9.09. The molecule has 1 unspecified atom stereocenters. The largest absolute Gasteiger partial charge is 0.328 e. The number of halogens is 3. The first kappa shape index (κ1) is 33.4. The van der Waals surface area contributed by atoms with Crippen molar-refractivity contribution in [3.8, 4) is 0 Å². The number of likely N-dealkylation sites (tertiary alicyclic amines) is 1. The lowest BCUT2D eigenvalue weighted by Crippen LogP contribution is -2.52. The summed E-state index contributed by atoms with van der Waals surface area (Å²) < 4.78 is 18.4. The Morgan fingerprint density at radius 1 is 1.06 bits per heavy atom. The average molecular weight is 770 g/mol. The van der Waals surface area contributed by atoms with Gasteiger partial charge < -0.3 is 29.9 Å². The minimum Gasteiger partial charge on any atom is -0.328 e. The van der Waals surface area contributed by atoms with E-state index in [0.29, 0.717) is 62.3 Å². The van der Waals surface area contributed by atoms with Crippen molar-refractivity contribution < 1.29 is 14.0 Å². The number of imidazole rings is 1. The third kappa shape index (κ3) is 7.81. The predicted octanol–water partition coefficient (Wildman–Crippen LogP) is 7.20. The van der Waals surface area contributed by atoms with Crippen LogP contribution in [-0.4, -0.2) is 82.6 Å². The number of carbonyl (C=O) groups is 2. The summed E-state index contributed by atoms with van der Waals surface area (Å²) in [5, 5.41) is 6.38. The Kier molecular flexibility index (Phi) is 10.5. The third-order valence-corrected chi connectivity index (χ3v) is 11.0. The molecule has 248 valence electrons. The number of aryl methyl sites for hydroxylation is 1. The van der Waals surface area contributed by atoms with Gasteiger partial charge in [-0.3, -0.25) is 0 Å². The molecule has 2 aliphatic rings. The number of fused-ring (bicyclic) bond motifs is 2. The average Bonchev–Trinajstić information content (AvgIpc) is 3.30. The number of benzene rings is 3. The fraction of sp³-hybridized carbons (Fsp3) is 0.400. The first-order valence-corrected chi connectivity index (χ1v) is 17.7. The van der Waals surface area contributed by atoms with Gasteiger partial charge in [-0.25, -0.2) is 19.0 Å². The fourth-order valence-electron chi connectivity index (χ4n) is 6.63. The van der Waals surface area contributed by atoms with Crippen LogP contribution in [0.4, 0.5) is 19.7 Å². The summed E-state index contributed by atoms with van der Waals surface area (Å²) in [6.45, 7) is 3.22. The van der Waals surface area contributed by atoms with Crippen molar-refractivity contribution in [2.45, 2.75) is 50.7 Å². The molecule has 1 aromatic heterocycles. The highest BCUT2D eigenvalue weighted by Gasteiger charge is 2.33. The summed E-state index contributed by atoms with van der Waals surface area (Å²) in [6.07, 6.45) is 3.54. The van der Waals surface area contributed by atoms with Gasteiger partial charge in [-0.2, -0.15) is 0 Å². The Morgan fingerprint density at radius 3 is 2.62 bits per heavy atom. The standard InChI is InChI=1S/C35H40Br2FN7O2/c1-42(2)15-5-16-45-32-22-25(38)9-11-30(32)39-33(45)31(21-23-8-10-27(36)28(37)20-23)41-34(46)43-17-13-26(14-18-43)44-19-12-24-6-3-4-7-29(24)40-35(44)47/h3-4,6-11,20,22,26,31H,5,12-19,21H2,1-2H3,(H,40,47)(H,41,46). The molecule has 4 amide bonds. The van der Waals surface area contributed by atoms with Crippen molar-refractivity contribution in [2.75, 3.05) is 45.6 Å². The van der Waals surface area contributed by atoms with Crippen LogP contribution in [0.1, 0.15) is 42.3 Å². The maximum atomic E-state index is 14.5. The first-order chi connectivity index (χ1) is 22.7. The quantitative estimate of drug-likeness (QED) is 0.189. The molecule has 6 rings (SSSR count). The fourth-order valence-corrected chi connectivity index (χ4v) is 7.30. The number of aromatic nitrogens is 2. The second-order valence-electron chi connectivity index (χ2n) is 12.6. The van der Waals surface area contributed by atoms with Gasteiger partial charge in [0.25, 0.3) is 0 Å². The van der Waals surface area contributed by atoms with Gasteiger partial charge in [0, 0.05) is 46.9 Å². The van der Waals surface area contributed by atoms with Crippen LogP contribution < -0.4 is 10.6 Å². The Balaban J connectivity index is 1.21. The zero-order chi connectivity index (χ0) is 33.1. The number of carbonyl (C=O) groups excluding carboxylic acids is 2. The number of rotatable bonds is 9. The molecule has 3 heterocycles. The first-order valence-electron chi connectivity index (χ1n) is 16.1. The lowest BCUT2D eigenvalue weighted by Gasteiger charge is -2.38. The van der Waals surface area contributed by atoms with E-state index >= 15 is 0 Å². The number of hydrogen-bond acceptors (Lipinski definition) is 4. The van der Waals surface area contributed by atoms with Gasteiger partial charge >= 0.3 is 12.1 Å². The van der Waals surface area contributed by atoms with Crippen LogP contribution in [0, 0.1) is 5.82 Å². The number of amides is 4. The van der Waals surface area contributed by atoms with E-state index in [1.807, 2.05) is 60.3 Å². The van der Waals surface area contributed by atoms with Crippen molar-refractivity contribution in [3.05, 3.63) is 92.4 Å². The number of urea groups is 2. The van der Waals surface area contributed by atoms with E-state index < -0.39 is 6.04 Å². The topological polar surface area (TPSA) is 85.7 Å². The smallest absolute Gasteiger partial charge is 0.322 e. The van der Waals surface area contributed by atoms with Crippen molar-refractivity contribution in [1.29, 1.82) is 0 Å². The minimum absolute atomic E-state index is 0.0556. The van der Waals surface area contributed by atoms with Crippen molar-refractivity contribution in [3.63, 3.8) is 0 Å². The number of hydrogen-bond donors (Lipinski definition) is 2. The van der Waals surface area contributed by atoms with Crippen molar-refractivity contribution in [1.82, 2.24) is 29.6 Å². The summed E-state index contributed by atoms with van der Waals surface area (Å²) in [5.74, 6) is 0.382. The molecule has 0 spiro atoms. The van der Waals surface area contributed by atoms with Crippen LogP contribution in [0.2, 0.25) is 0 Å². The lowest BCUT2D eigenvalue weighted by molar-refractivity contribution is 0.133. The lowest BCUT2D eigenvalue weighted by atomic mass is 10.0. The summed E-state index contributed by atoms with van der Waals surface area (Å²) in [4.78, 5) is 37.9. The van der Waals surface area contributed by atoms with Gasteiger partial charge in [0.05, 0.1) is 17.1 Å². The molecule has 0 bridgehead atoms. The van der Waals surface area contributed by atoms with Gasteiger partial charge in [-0.15, -0.1) is 0 Å². The zero-order valence-corrected chi connectivity index (χ0v) is 29.9.